The predicted molar refractivity (Wildman–Crippen MR) is 105 cm³/mol. The summed E-state index contributed by atoms with van der Waals surface area (Å²) in [6.07, 6.45) is 0. The second kappa shape index (κ2) is 7.42. The molecule has 3 nitrogen and oxygen atoms in total. The highest BCUT2D eigenvalue weighted by molar-refractivity contribution is 6.32. The Morgan fingerprint density at radius 1 is 1.04 bits per heavy atom. The number of aryl methyl sites for hydroxylation is 2. The Hall–Kier alpha value is -2.10. The van der Waals surface area contributed by atoms with Crippen LogP contribution in [-0.2, 0) is 13.1 Å². The van der Waals surface area contributed by atoms with Crippen LogP contribution in [0.25, 0.3) is 10.9 Å². The van der Waals surface area contributed by atoms with E-state index >= 15 is 0 Å². The molecule has 130 valence electrons. The third kappa shape index (κ3) is 3.63. The maximum Gasteiger partial charge on any atom is 0.194 e. The van der Waals surface area contributed by atoms with Crippen molar-refractivity contribution in [2.24, 2.45) is 0 Å². The van der Waals surface area contributed by atoms with Gasteiger partial charge < -0.3 is 4.98 Å². The number of aromatic amines is 1. The van der Waals surface area contributed by atoms with E-state index in [0.29, 0.717) is 17.0 Å². The van der Waals surface area contributed by atoms with Crippen molar-refractivity contribution in [1.82, 2.24) is 9.88 Å². The van der Waals surface area contributed by atoms with Crippen LogP contribution >= 0.6 is 11.6 Å². The van der Waals surface area contributed by atoms with Gasteiger partial charge in [-0.05, 0) is 43.7 Å². The van der Waals surface area contributed by atoms with Gasteiger partial charge in [-0.25, -0.2) is 0 Å². The van der Waals surface area contributed by atoms with Crippen molar-refractivity contribution >= 4 is 22.5 Å². The lowest BCUT2D eigenvalue weighted by Gasteiger charge is -2.21. The van der Waals surface area contributed by atoms with E-state index in [1.54, 1.807) is 6.07 Å². The van der Waals surface area contributed by atoms with Crippen LogP contribution in [0.2, 0.25) is 5.02 Å². The molecule has 0 aliphatic rings. The summed E-state index contributed by atoms with van der Waals surface area (Å²) in [5.41, 5.74) is 4.84. The number of hydrogen-bond donors (Lipinski definition) is 1. The molecule has 1 aromatic heterocycles. The van der Waals surface area contributed by atoms with E-state index in [4.69, 9.17) is 11.6 Å². The van der Waals surface area contributed by atoms with Crippen molar-refractivity contribution in [3.05, 3.63) is 80.1 Å². The molecule has 0 saturated heterocycles. The minimum atomic E-state index is 0.0949. The molecule has 3 aromatic rings. The molecule has 0 saturated carbocycles. The zero-order chi connectivity index (χ0) is 18.0. The number of fused-ring (bicyclic) bond motifs is 1. The van der Waals surface area contributed by atoms with E-state index in [0.717, 1.165) is 35.4 Å². The van der Waals surface area contributed by atoms with Gasteiger partial charge in [0.15, 0.2) is 5.43 Å². The highest BCUT2D eigenvalue weighted by Gasteiger charge is 2.15. The summed E-state index contributed by atoms with van der Waals surface area (Å²) in [6, 6.07) is 14.0. The van der Waals surface area contributed by atoms with Crippen LogP contribution in [0.5, 0.6) is 0 Å². The number of H-pyrrole nitrogens is 1. The lowest BCUT2D eigenvalue weighted by molar-refractivity contribution is 0.270. The summed E-state index contributed by atoms with van der Waals surface area (Å²) in [6.45, 7) is 8.36. The van der Waals surface area contributed by atoms with E-state index in [2.05, 4.69) is 28.9 Å². The predicted octanol–water partition coefficient (Wildman–Crippen LogP) is 4.82. The summed E-state index contributed by atoms with van der Waals surface area (Å²) in [5, 5.41) is 1.38. The van der Waals surface area contributed by atoms with Crippen molar-refractivity contribution in [2.75, 3.05) is 6.54 Å². The van der Waals surface area contributed by atoms with Gasteiger partial charge in [-0.3, -0.25) is 9.69 Å². The number of hydrogen-bond acceptors (Lipinski definition) is 2. The fourth-order valence-corrected chi connectivity index (χ4v) is 3.32. The highest BCUT2D eigenvalue weighted by atomic mass is 35.5. The van der Waals surface area contributed by atoms with Crippen LogP contribution in [0.4, 0.5) is 0 Å². The van der Waals surface area contributed by atoms with Crippen molar-refractivity contribution in [1.29, 1.82) is 0 Å². The number of benzene rings is 2. The first-order valence-electron chi connectivity index (χ1n) is 8.58. The van der Waals surface area contributed by atoms with Crippen molar-refractivity contribution in [2.45, 2.75) is 33.9 Å². The third-order valence-corrected chi connectivity index (χ3v) is 5.17. The quantitative estimate of drug-likeness (QED) is 0.713. The normalized spacial score (nSPS) is 11.4. The molecule has 3 rings (SSSR count). The minimum Gasteiger partial charge on any atom is -0.358 e. The molecule has 4 heteroatoms. The highest BCUT2D eigenvalue weighted by Crippen LogP contribution is 2.23. The number of pyridine rings is 1. The van der Waals surface area contributed by atoms with E-state index in [1.807, 2.05) is 38.1 Å². The van der Waals surface area contributed by atoms with Crippen molar-refractivity contribution in [3.8, 4) is 0 Å². The molecular weight excluding hydrogens is 332 g/mol. The molecule has 0 amide bonds. The minimum absolute atomic E-state index is 0.0949. The summed E-state index contributed by atoms with van der Waals surface area (Å²) in [7, 11) is 0. The second-order valence-corrected chi connectivity index (χ2v) is 6.85. The molecular formula is C21H23ClN2O. The van der Waals surface area contributed by atoms with Gasteiger partial charge in [-0.15, -0.1) is 0 Å². The van der Waals surface area contributed by atoms with Crippen LogP contribution in [0, 0.1) is 13.8 Å². The summed E-state index contributed by atoms with van der Waals surface area (Å²) < 4.78 is 0. The average molecular weight is 355 g/mol. The second-order valence-electron chi connectivity index (χ2n) is 6.44. The molecule has 1 heterocycles. The Morgan fingerprint density at radius 3 is 2.44 bits per heavy atom. The topological polar surface area (TPSA) is 36.1 Å². The number of nitrogens with one attached hydrogen (secondary N) is 1. The van der Waals surface area contributed by atoms with Gasteiger partial charge in [0.2, 0.25) is 0 Å². The maximum absolute atomic E-state index is 13.0. The van der Waals surface area contributed by atoms with Gasteiger partial charge in [-0.1, -0.05) is 48.9 Å². The van der Waals surface area contributed by atoms with Gasteiger partial charge in [0, 0.05) is 34.8 Å². The average Bonchev–Trinajstić information content (AvgIpc) is 2.62. The van der Waals surface area contributed by atoms with Crippen molar-refractivity contribution in [3.63, 3.8) is 0 Å². The van der Waals surface area contributed by atoms with Crippen LogP contribution in [0.15, 0.2) is 47.3 Å². The fourth-order valence-electron chi connectivity index (χ4n) is 3.17. The molecule has 0 atom stereocenters. The SMILES string of the molecule is CCN(Cc1ccccc1)Cc1c(C)[nH]c2c(C)c(Cl)ccc2c1=O. The smallest absolute Gasteiger partial charge is 0.194 e. The Morgan fingerprint density at radius 2 is 1.76 bits per heavy atom. The Kier molecular flexibility index (Phi) is 5.26. The largest absolute Gasteiger partial charge is 0.358 e. The first-order valence-corrected chi connectivity index (χ1v) is 8.96. The van der Waals surface area contributed by atoms with Crippen LogP contribution in [-0.4, -0.2) is 16.4 Å². The van der Waals surface area contributed by atoms with Crippen molar-refractivity contribution < 1.29 is 0 Å². The maximum atomic E-state index is 13.0. The van der Waals surface area contributed by atoms with Gasteiger partial charge >= 0.3 is 0 Å². The van der Waals surface area contributed by atoms with Gasteiger partial charge in [0.1, 0.15) is 0 Å². The Balaban J connectivity index is 1.98. The first-order chi connectivity index (χ1) is 12.0. The zero-order valence-corrected chi connectivity index (χ0v) is 15.7. The molecule has 0 aliphatic carbocycles. The molecule has 1 N–H and O–H groups in total. The molecule has 2 aromatic carbocycles. The van der Waals surface area contributed by atoms with Crippen LogP contribution < -0.4 is 5.43 Å². The monoisotopic (exact) mass is 354 g/mol. The summed E-state index contributed by atoms with van der Waals surface area (Å²) in [5.74, 6) is 0. The van der Waals surface area contributed by atoms with Gasteiger partial charge in [0.25, 0.3) is 0 Å². The zero-order valence-electron chi connectivity index (χ0n) is 14.9. The first kappa shape index (κ1) is 17.7. The Labute approximate surface area is 153 Å². The van der Waals surface area contributed by atoms with Gasteiger partial charge in [0.05, 0.1) is 5.52 Å². The lowest BCUT2D eigenvalue weighted by atomic mass is 10.0. The number of rotatable bonds is 5. The molecule has 0 fully saturated rings. The van der Waals surface area contributed by atoms with E-state index in [-0.39, 0.29) is 5.43 Å². The fraction of sp³-hybridized carbons (Fsp3) is 0.286. The summed E-state index contributed by atoms with van der Waals surface area (Å²) in [4.78, 5) is 18.7. The summed E-state index contributed by atoms with van der Waals surface area (Å²) >= 11 is 6.20. The number of aromatic nitrogens is 1. The lowest BCUT2D eigenvalue weighted by Crippen LogP contribution is -2.27. The Bertz CT molecular complexity index is 948. The standard InChI is InChI=1S/C21H23ClN2O/c1-4-24(12-16-8-6-5-7-9-16)13-18-15(3)23-20-14(2)19(22)11-10-17(20)21(18)25/h5-11H,4,12-13H2,1-3H3,(H,23,25). The molecule has 25 heavy (non-hydrogen) atoms. The number of nitrogens with zero attached hydrogens (tertiary/aromatic N) is 1. The number of halogens is 1. The molecule has 0 radical (unpaired) electrons. The molecule has 0 spiro atoms. The third-order valence-electron chi connectivity index (χ3n) is 4.76. The molecule has 0 bridgehead atoms. The molecule has 0 aliphatic heterocycles. The van der Waals surface area contributed by atoms with E-state index < -0.39 is 0 Å². The van der Waals surface area contributed by atoms with Gasteiger partial charge in [-0.2, -0.15) is 0 Å². The van der Waals surface area contributed by atoms with E-state index in [9.17, 15) is 4.79 Å². The molecule has 0 unspecified atom stereocenters. The van der Waals surface area contributed by atoms with E-state index in [1.165, 1.54) is 5.56 Å². The van der Waals surface area contributed by atoms with Crippen LogP contribution in [0.1, 0.15) is 29.3 Å². The van der Waals surface area contributed by atoms with Crippen LogP contribution in [0.3, 0.4) is 0 Å².